The van der Waals surface area contributed by atoms with Gasteiger partial charge in [0.15, 0.2) is 24.0 Å². The molecular formula is C23H27N5O7. The van der Waals surface area contributed by atoms with E-state index < -0.39 is 23.9 Å². The van der Waals surface area contributed by atoms with Crippen molar-refractivity contribution in [2.24, 2.45) is 5.10 Å². The number of amides is 3. The maximum atomic E-state index is 12.3. The lowest BCUT2D eigenvalue weighted by atomic mass is 9.95. The van der Waals surface area contributed by atoms with Crippen LogP contribution in [0.5, 0.6) is 11.5 Å². The zero-order valence-electron chi connectivity index (χ0n) is 20.0. The van der Waals surface area contributed by atoms with Gasteiger partial charge in [-0.3, -0.25) is 4.79 Å². The third-order valence-corrected chi connectivity index (χ3v) is 4.99. The molecule has 0 aliphatic carbocycles. The van der Waals surface area contributed by atoms with Gasteiger partial charge in [-0.15, -0.1) is 0 Å². The van der Waals surface area contributed by atoms with E-state index in [0.717, 1.165) is 0 Å². The summed E-state index contributed by atoms with van der Waals surface area (Å²) in [7, 11) is 6.39. The molecule has 0 radical (unpaired) electrons. The number of rotatable bonds is 9. The van der Waals surface area contributed by atoms with Crippen LogP contribution < -0.4 is 30.4 Å². The van der Waals surface area contributed by atoms with E-state index in [1.54, 1.807) is 42.2 Å². The van der Waals surface area contributed by atoms with Crippen molar-refractivity contribution >= 4 is 30.0 Å². The predicted molar refractivity (Wildman–Crippen MR) is 126 cm³/mol. The molecule has 3 rings (SSSR count). The SMILES string of the molecule is COC(=O)C1=C(C)NC(=O)N[C@@H]1c1ccc(OCC(=O)N/N=C\c2ccc(N(C)C)o2)c(OC)c1. The molecule has 12 heteroatoms. The van der Waals surface area contributed by atoms with Crippen LogP contribution in [0.4, 0.5) is 10.7 Å². The summed E-state index contributed by atoms with van der Waals surface area (Å²) in [6.45, 7) is 1.28. The van der Waals surface area contributed by atoms with Gasteiger partial charge >= 0.3 is 12.0 Å². The molecule has 1 aromatic heterocycles. The van der Waals surface area contributed by atoms with Crippen molar-refractivity contribution in [3.05, 3.63) is 52.9 Å². The smallest absolute Gasteiger partial charge is 0.337 e. The quantitative estimate of drug-likeness (QED) is 0.277. The molecule has 0 bridgehead atoms. The van der Waals surface area contributed by atoms with Crippen LogP contribution in [0.2, 0.25) is 0 Å². The van der Waals surface area contributed by atoms with Crippen molar-refractivity contribution in [3.8, 4) is 11.5 Å². The molecule has 1 aromatic carbocycles. The number of urea groups is 1. The Labute approximate surface area is 201 Å². The number of hydrogen-bond donors (Lipinski definition) is 3. The van der Waals surface area contributed by atoms with Crippen LogP contribution in [0, 0.1) is 0 Å². The maximum Gasteiger partial charge on any atom is 0.337 e. The van der Waals surface area contributed by atoms with E-state index >= 15 is 0 Å². The summed E-state index contributed by atoms with van der Waals surface area (Å²) in [6.07, 6.45) is 1.38. The fourth-order valence-corrected chi connectivity index (χ4v) is 3.30. The Balaban J connectivity index is 1.66. The first-order valence-corrected chi connectivity index (χ1v) is 10.5. The Kier molecular flexibility index (Phi) is 7.97. The number of carbonyl (C=O) groups excluding carboxylic acids is 3. The molecule has 1 aliphatic heterocycles. The monoisotopic (exact) mass is 485 g/mol. The molecule has 12 nitrogen and oxygen atoms in total. The van der Waals surface area contributed by atoms with Gasteiger partial charge in [0.2, 0.25) is 0 Å². The molecule has 2 aromatic rings. The van der Waals surface area contributed by atoms with E-state index in [2.05, 4.69) is 21.2 Å². The second kappa shape index (κ2) is 11.1. The number of nitrogens with zero attached hydrogens (tertiary/aromatic N) is 2. The minimum absolute atomic E-state index is 0.259. The maximum absolute atomic E-state index is 12.3. The van der Waals surface area contributed by atoms with Crippen LogP contribution >= 0.6 is 0 Å². The zero-order valence-corrected chi connectivity index (χ0v) is 20.0. The molecule has 35 heavy (non-hydrogen) atoms. The van der Waals surface area contributed by atoms with E-state index in [4.69, 9.17) is 18.6 Å². The van der Waals surface area contributed by atoms with Crippen LogP contribution in [-0.2, 0) is 14.3 Å². The number of hydrazone groups is 1. The number of esters is 1. The molecule has 3 amide bonds. The summed E-state index contributed by atoms with van der Waals surface area (Å²) in [5, 5.41) is 9.11. The Morgan fingerprint density at radius 3 is 2.63 bits per heavy atom. The number of methoxy groups -OCH3 is 2. The molecule has 186 valence electrons. The van der Waals surface area contributed by atoms with Crippen LogP contribution in [0.3, 0.4) is 0 Å². The van der Waals surface area contributed by atoms with Crippen molar-refractivity contribution in [1.29, 1.82) is 0 Å². The lowest BCUT2D eigenvalue weighted by molar-refractivity contribution is -0.136. The van der Waals surface area contributed by atoms with Gasteiger partial charge in [-0.2, -0.15) is 5.10 Å². The van der Waals surface area contributed by atoms with E-state index in [1.165, 1.54) is 20.4 Å². The minimum Gasteiger partial charge on any atom is -0.493 e. The second-order valence-electron chi connectivity index (χ2n) is 7.62. The number of allylic oxidation sites excluding steroid dienone is 1. The molecule has 1 atom stereocenters. The fourth-order valence-electron chi connectivity index (χ4n) is 3.30. The Bertz CT molecular complexity index is 1170. The topological polar surface area (TPSA) is 144 Å². The third-order valence-electron chi connectivity index (χ3n) is 4.99. The number of anilines is 1. The highest BCUT2D eigenvalue weighted by Gasteiger charge is 2.32. The average molecular weight is 485 g/mol. The highest BCUT2D eigenvalue weighted by Crippen LogP contribution is 2.34. The second-order valence-corrected chi connectivity index (χ2v) is 7.62. The van der Waals surface area contributed by atoms with E-state index in [1.807, 2.05) is 14.1 Å². The highest BCUT2D eigenvalue weighted by atomic mass is 16.5. The van der Waals surface area contributed by atoms with Crippen LogP contribution in [0.1, 0.15) is 24.3 Å². The fraction of sp³-hybridized carbons (Fsp3) is 0.304. The van der Waals surface area contributed by atoms with Crippen molar-refractivity contribution in [2.75, 3.05) is 39.8 Å². The highest BCUT2D eigenvalue weighted by molar-refractivity contribution is 5.95. The van der Waals surface area contributed by atoms with Gasteiger partial charge in [0.05, 0.1) is 32.0 Å². The van der Waals surface area contributed by atoms with Gasteiger partial charge in [0.1, 0.15) is 5.76 Å². The number of nitrogens with one attached hydrogen (secondary N) is 3. The predicted octanol–water partition coefficient (Wildman–Crippen LogP) is 1.68. The summed E-state index contributed by atoms with van der Waals surface area (Å²) >= 11 is 0. The average Bonchev–Trinajstić information content (AvgIpc) is 3.31. The van der Waals surface area contributed by atoms with Crippen molar-refractivity contribution in [1.82, 2.24) is 16.1 Å². The minimum atomic E-state index is -0.758. The summed E-state index contributed by atoms with van der Waals surface area (Å²) in [5.74, 6) is 0.656. The molecule has 1 aliphatic rings. The molecular weight excluding hydrogens is 458 g/mol. The molecule has 0 saturated carbocycles. The summed E-state index contributed by atoms with van der Waals surface area (Å²) < 4.78 is 21.3. The van der Waals surface area contributed by atoms with Gasteiger partial charge in [-0.25, -0.2) is 15.0 Å². The van der Waals surface area contributed by atoms with Crippen LogP contribution in [0.25, 0.3) is 0 Å². The van der Waals surface area contributed by atoms with Crippen molar-refractivity contribution in [2.45, 2.75) is 13.0 Å². The van der Waals surface area contributed by atoms with Crippen LogP contribution in [0.15, 0.2) is 51.1 Å². The Morgan fingerprint density at radius 2 is 1.97 bits per heavy atom. The number of furan rings is 1. The first kappa shape index (κ1) is 25.1. The Hall–Kier alpha value is -4.48. The van der Waals surface area contributed by atoms with Gasteiger partial charge in [-0.1, -0.05) is 6.07 Å². The standard InChI is InChI=1S/C23H27N5O7/c1-13-20(22(30)33-5)21(26-23(31)25-13)14-6-8-16(17(10-14)32-4)34-12-18(29)27-24-11-15-7-9-19(35-15)28(2)3/h6-11,21H,12H2,1-5H3,(H,27,29)(H2,25,26,31)/b24-11-/t21-/m1/s1. The van der Waals surface area contributed by atoms with Crippen molar-refractivity contribution in [3.63, 3.8) is 0 Å². The number of benzene rings is 1. The molecule has 0 fully saturated rings. The Morgan fingerprint density at radius 1 is 1.20 bits per heavy atom. The molecule has 2 heterocycles. The molecule has 0 saturated heterocycles. The largest absolute Gasteiger partial charge is 0.493 e. The van der Waals surface area contributed by atoms with E-state index in [-0.39, 0.29) is 17.9 Å². The van der Waals surface area contributed by atoms with Crippen LogP contribution in [-0.4, -0.2) is 59.0 Å². The van der Waals surface area contributed by atoms with Gasteiger partial charge in [0, 0.05) is 25.9 Å². The van der Waals surface area contributed by atoms with Gasteiger partial charge in [0.25, 0.3) is 5.91 Å². The summed E-state index contributed by atoms with van der Waals surface area (Å²) in [6, 6.07) is 7.13. The lowest BCUT2D eigenvalue weighted by Crippen LogP contribution is -2.45. The lowest BCUT2D eigenvalue weighted by Gasteiger charge is -2.28. The van der Waals surface area contributed by atoms with E-state index in [9.17, 15) is 14.4 Å². The third kappa shape index (κ3) is 6.10. The number of hydrogen-bond acceptors (Lipinski definition) is 9. The van der Waals surface area contributed by atoms with Gasteiger partial charge in [-0.05, 0) is 30.7 Å². The van der Waals surface area contributed by atoms with Crippen molar-refractivity contribution < 1.29 is 33.0 Å². The number of carbonyl (C=O) groups is 3. The molecule has 0 unspecified atom stereocenters. The van der Waals surface area contributed by atoms with Gasteiger partial charge < -0.3 is 34.2 Å². The first-order valence-electron chi connectivity index (χ1n) is 10.5. The molecule has 0 spiro atoms. The zero-order chi connectivity index (χ0) is 25.5. The summed E-state index contributed by atoms with van der Waals surface area (Å²) in [5.41, 5.74) is 3.56. The number of ether oxygens (including phenoxy) is 3. The first-order chi connectivity index (χ1) is 16.7. The van der Waals surface area contributed by atoms with E-state index in [0.29, 0.717) is 28.7 Å². The summed E-state index contributed by atoms with van der Waals surface area (Å²) in [4.78, 5) is 38.2. The normalized spacial score (nSPS) is 15.3. The molecule has 3 N–H and O–H groups in total.